The predicted molar refractivity (Wildman–Crippen MR) is 93.3 cm³/mol. The Balaban J connectivity index is 1.51. The first-order chi connectivity index (χ1) is 13.3. The van der Waals surface area contributed by atoms with Crippen LogP contribution in [0.2, 0.25) is 0 Å². The van der Waals surface area contributed by atoms with E-state index >= 15 is 0 Å². The second-order valence-corrected chi connectivity index (χ2v) is 6.45. The normalized spacial score (nSPS) is 15.2. The van der Waals surface area contributed by atoms with Crippen molar-refractivity contribution in [2.75, 3.05) is 23.6 Å². The molecule has 0 saturated heterocycles. The smallest absolute Gasteiger partial charge is 0.416 e. The van der Waals surface area contributed by atoms with Gasteiger partial charge in [-0.2, -0.15) is 13.2 Å². The maximum absolute atomic E-state index is 12.9. The highest BCUT2D eigenvalue weighted by Gasteiger charge is 2.34. The van der Waals surface area contributed by atoms with Crippen LogP contribution in [-0.4, -0.2) is 25.2 Å². The minimum absolute atomic E-state index is 0.0255. The molecule has 0 spiro atoms. The summed E-state index contributed by atoms with van der Waals surface area (Å²) >= 11 is 0. The highest BCUT2D eigenvalue weighted by molar-refractivity contribution is 6.10. The van der Waals surface area contributed by atoms with E-state index in [1.807, 2.05) is 6.07 Å². The summed E-state index contributed by atoms with van der Waals surface area (Å²) in [6.07, 6.45) is -4.05. The Morgan fingerprint density at radius 2 is 1.89 bits per heavy atom. The second kappa shape index (κ2) is 6.74. The zero-order valence-corrected chi connectivity index (χ0v) is 14.5. The number of hydrogen-bond acceptors (Lipinski definition) is 4. The van der Waals surface area contributed by atoms with Crippen LogP contribution in [0.5, 0.6) is 11.5 Å². The van der Waals surface area contributed by atoms with Crippen molar-refractivity contribution in [2.45, 2.75) is 19.0 Å². The molecule has 2 aromatic carbocycles. The summed E-state index contributed by atoms with van der Waals surface area (Å²) in [5.41, 5.74) is 0.193. The maximum atomic E-state index is 12.9. The van der Waals surface area contributed by atoms with E-state index in [4.69, 9.17) is 9.47 Å². The Bertz CT molecular complexity index is 959. The summed E-state index contributed by atoms with van der Waals surface area (Å²) in [6.45, 7) is -0.0877. The number of benzene rings is 2. The molecule has 9 heteroatoms. The molecule has 0 radical (unpaired) electrons. The number of carbonyl (C=O) groups excluding carboxylic acids is 2. The largest absolute Gasteiger partial charge is 0.454 e. The van der Waals surface area contributed by atoms with Gasteiger partial charge in [0.1, 0.15) is 6.54 Å². The van der Waals surface area contributed by atoms with Gasteiger partial charge in [0.05, 0.1) is 16.9 Å². The van der Waals surface area contributed by atoms with E-state index in [1.165, 1.54) is 11.0 Å². The first kappa shape index (κ1) is 18.1. The molecule has 1 N–H and O–H groups in total. The number of nitrogens with one attached hydrogen (secondary N) is 1. The summed E-state index contributed by atoms with van der Waals surface area (Å²) in [7, 11) is 0. The van der Waals surface area contributed by atoms with Crippen molar-refractivity contribution in [3.63, 3.8) is 0 Å². The van der Waals surface area contributed by atoms with E-state index in [0.29, 0.717) is 17.9 Å². The lowest BCUT2D eigenvalue weighted by Gasteiger charge is -2.30. The van der Waals surface area contributed by atoms with Crippen molar-refractivity contribution in [3.8, 4) is 11.5 Å². The van der Waals surface area contributed by atoms with Crippen LogP contribution in [0.15, 0.2) is 36.4 Å². The molecule has 2 aromatic rings. The SMILES string of the molecule is O=C1CN(C(=O)CCc2ccc3c(c2)OCO3)c2ccc(C(F)(F)F)cc2N1. The molecule has 146 valence electrons. The van der Waals surface area contributed by atoms with Crippen molar-refractivity contribution < 1.29 is 32.2 Å². The van der Waals surface area contributed by atoms with Crippen molar-refractivity contribution in [1.82, 2.24) is 0 Å². The minimum Gasteiger partial charge on any atom is -0.454 e. The van der Waals surface area contributed by atoms with E-state index < -0.39 is 17.6 Å². The molecule has 0 saturated carbocycles. The number of amides is 2. The fourth-order valence-corrected chi connectivity index (χ4v) is 3.17. The summed E-state index contributed by atoms with van der Waals surface area (Å²) < 4.78 is 49.2. The monoisotopic (exact) mass is 392 g/mol. The molecule has 0 aromatic heterocycles. The van der Waals surface area contributed by atoms with E-state index in [0.717, 1.165) is 17.7 Å². The minimum atomic E-state index is -4.54. The van der Waals surface area contributed by atoms with Gasteiger partial charge < -0.3 is 19.7 Å². The van der Waals surface area contributed by atoms with Gasteiger partial charge in [0.2, 0.25) is 18.6 Å². The lowest BCUT2D eigenvalue weighted by Crippen LogP contribution is -2.42. The number of hydrogen-bond donors (Lipinski definition) is 1. The number of anilines is 2. The quantitative estimate of drug-likeness (QED) is 0.870. The summed E-state index contributed by atoms with van der Waals surface area (Å²) in [5.74, 6) is 0.348. The van der Waals surface area contributed by atoms with Gasteiger partial charge in [-0.05, 0) is 42.3 Å². The number of halogens is 3. The van der Waals surface area contributed by atoms with Crippen LogP contribution in [-0.2, 0) is 22.2 Å². The average Bonchev–Trinajstić information content (AvgIpc) is 3.12. The van der Waals surface area contributed by atoms with Crippen molar-refractivity contribution in [2.24, 2.45) is 0 Å². The number of fused-ring (bicyclic) bond motifs is 2. The lowest BCUT2D eigenvalue weighted by atomic mass is 10.1. The fourth-order valence-electron chi connectivity index (χ4n) is 3.17. The molecule has 0 bridgehead atoms. The van der Waals surface area contributed by atoms with Crippen molar-refractivity contribution in [3.05, 3.63) is 47.5 Å². The molecule has 6 nitrogen and oxygen atoms in total. The van der Waals surface area contributed by atoms with Crippen LogP contribution < -0.4 is 19.7 Å². The molecule has 0 aliphatic carbocycles. The number of alkyl halides is 3. The Kier molecular flexibility index (Phi) is 4.37. The Morgan fingerprint density at radius 1 is 1.11 bits per heavy atom. The van der Waals surface area contributed by atoms with E-state index in [-0.39, 0.29) is 37.0 Å². The summed E-state index contributed by atoms with van der Waals surface area (Å²) in [6, 6.07) is 8.29. The molecule has 0 fully saturated rings. The highest BCUT2D eigenvalue weighted by atomic mass is 19.4. The van der Waals surface area contributed by atoms with Gasteiger partial charge in [0, 0.05) is 6.42 Å². The van der Waals surface area contributed by atoms with Crippen LogP contribution in [0.25, 0.3) is 0 Å². The van der Waals surface area contributed by atoms with Gasteiger partial charge in [0.25, 0.3) is 0 Å². The molecule has 4 rings (SSSR count). The zero-order valence-electron chi connectivity index (χ0n) is 14.5. The third kappa shape index (κ3) is 3.47. The van der Waals surface area contributed by atoms with Gasteiger partial charge in [-0.15, -0.1) is 0 Å². The molecule has 0 unspecified atom stereocenters. The highest BCUT2D eigenvalue weighted by Crippen LogP contribution is 2.37. The standard InChI is InChI=1S/C19H15F3N2O4/c20-19(21,22)12-3-4-14-13(8-12)23-17(25)9-24(14)18(26)6-2-11-1-5-15-16(7-11)28-10-27-15/h1,3-5,7-8H,2,6,9-10H2,(H,23,25). The van der Waals surface area contributed by atoms with Gasteiger partial charge in [-0.25, -0.2) is 0 Å². The predicted octanol–water partition coefficient (Wildman–Crippen LogP) is 3.35. The van der Waals surface area contributed by atoms with Gasteiger partial charge in [-0.3, -0.25) is 9.59 Å². The summed E-state index contributed by atoms with van der Waals surface area (Å²) in [5, 5.41) is 2.40. The maximum Gasteiger partial charge on any atom is 0.416 e. The first-order valence-corrected chi connectivity index (χ1v) is 8.51. The topological polar surface area (TPSA) is 67.9 Å². The zero-order chi connectivity index (χ0) is 19.9. The second-order valence-electron chi connectivity index (χ2n) is 6.45. The van der Waals surface area contributed by atoms with Crippen molar-refractivity contribution >= 4 is 23.2 Å². The average molecular weight is 392 g/mol. The van der Waals surface area contributed by atoms with Crippen LogP contribution in [0.1, 0.15) is 17.5 Å². The molecule has 28 heavy (non-hydrogen) atoms. The first-order valence-electron chi connectivity index (χ1n) is 8.51. The van der Waals surface area contributed by atoms with E-state index in [2.05, 4.69) is 5.32 Å². The van der Waals surface area contributed by atoms with Gasteiger partial charge in [0.15, 0.2) is 11.5 Å². The van der Waals surface area contributed by atoms with Gasteiger partial charge in [-0.1, -0.05) is 6.07 Å². The number of ether oxygens (including phenoxy) is 2. The molecule has 2 aliphatic rings. The van der Waals surface area contributed by atoms with Crippen LogP contribution in [0.4, 0.5) is 24.5 Å². The van der Waals surface area contributed by atoms with Crippen molar-refractivity contribution in [1.29, 1.82) is 0 Å². The molecular weight excluding hydrogens is 377 g/mol. The fraction of sp³-hybridized carbons (Fsp3) is 0.263. The summed E-state index contributed by atoms with van der Waals surface area (Å²) in [4.78, 5) is 25.8. The molecular formula is C19H15F3N2O4. The van der Waals surface area contributed by atoms with E-state index in [1.54, 1.807) is 12.1 Å². The molecule has 2 amide bonds. The molecule has 2 heterocycles. The Hall–Kier alpha value is -3.23. The Morgan fingerprint density at radius 3 is 2.68 bits per heavy atom. The number of carbonyl (C=O) groups is 2. The van der Waals surface area contributed by atoms with Crippen LogP contribution in [0.3, 0.4) is 0 Å². The number of nitrogens with zero attached hydrogens (tertiary/aromatic N) is 1. The Labute approximate surface area is 157 Å². The van der Waals surface area contributed by atoms with Crippen LogP contribution in [0, 0.1) is 0 Å². The van der Waals surface area contributed by atoms with Crippen LogP contribution >= 0.6 is 0 Å². The lowest BCUT2D eigenvalue weighted by molar-refractivity contribution is -0.137. The van der Waals surface area contributed by atoms with Gasteiger partial charge >= 0.3 is 6.18 Å². The number of aryl methyl sites for hydroxylation is 1. The molecule has 2 aliphatic heterocycles. The third-order valence-electron chi connectivity index (χ3n) is 4.56. The third-order valence-corrected chi connectivity index (χ3v) is 4.56. The van der Waals surface area contributed by atoms with E-state index in [9.17, 15) is 22.8 Å². The number of rotatable bonds is 3. The molecule has 0 atom stereocenters.